The molecule has 1 saturated carbocycles. The number of amides is 2. The van der Waals surface area contributed by atoms with Gasteiger partial charge in [0.15, 0.2) is 0 Å². The van der Waals surface area contributed by atoms with Crippen molar-refractivity contribution in [1.82, 2.24) is 10.3 Å². The van der Waals surface area contributed by atoms with Gasteiger partial charge in [-0.2, -0.15) is 0 Å². The van der Waals surface area contributed by atoms with Gasteiger partial charge in [-0.1, -0.05) is 6.92 Å². The monoisotopic (exact) mass is 290 g/mol. The molecule has 2 atom stereocenters. The third-order valence-electron chi connectivity index (χ3n) is 3.59. The van der Waals surface area contributed by atoms with Gasteiger partial charge in [-0.25, -0.2) is 4.98 Å². The van der Waals surface area contributed by atoms with Crippen LogP contribution in [0.1, 0.15) is 19.8 Å². The Morgan fingerprint density at radius 1 is 1.38 bits per heavy atom. The van der Waals surface area contributed by atoms with E-state index in [9.17, 15) is 9.59 Å². The standard InChI is InChI=1S/C15H22N4O2/c1-10-8-12(10)15(21)16-7-6-14(20)18-11-4-5-13(17-9-11)19(2)3/h4-5,9-10,12H,6-8H2,1-3H3,(H,16,21)(H,18,20)/t10-,12+/m0/s1. The third-order valence-corrected chi connectivity index (χ3v) is 3.59. The highest BCUT2D eigenvalue weighted by atomic mass is 16.2. The van der Waals surface area contributed by atoms with Crippen LogP contribution in [-0.2, 0) is 9.59 Å². The summed E-state index contributed by atoms with van der Waals surface area (Å²) >= 11 is 0. The average molecular weight is 290 g/mol. The maximum absolute atomic E-state index is 11.8. The van der Waals surface area contributed by atoms with Crippen molar-refractivity contribution in [2.45, 2.75) is 19.8 Å². The van der Waals surface area contributed by atoms with E-state index in [1.54, 1.807) is 6.20 Å². The summed E-state index contributed by atoms with van der Waals surface area (Å²) < 4.78 is 0. The molecule has 1 aromatic rings. The van der Waals surface area contributed by atoms with E-state index >= 15 is 0 Å². The minimum atomic E-state index is -0.126. The molecule has 0 unspecified atom stereocenters. The number of hydrogen-bond acceptors (Lipinski definition) is 4. The summed E-state index contributed by atoms with van der Waals surface area (Å²) in [7, 11) is 3.81. The summed E-state index contributed by atoms with van der Waals surface area (Å²) in [6.45, 7) is 2.43. The first-order valence-corrected chi connectivity index (χ1v) is 7.18. The van der Waals surface area contributed by atoms with E-state index in [1.165, 1.54) is 0 Å². The van der Waals surface area contributed by atoms with E-state index < -0.39 is 0 Å². The quantitative estimate of drug-likeness (QED) is 0.827. The molecule has 0 saturated heterocycles. The number of carbonyl (C=O) groups excluding carboxylic acids is 2. The number of carbonyl (C=O) groups is 2. The van der Waals surface area contributed by atoms with Gasteiger partial charge in [0.25, 0.3) is 0 Å². The summed E-state index contributed by atoms with van der Waals surface area (Å²) in [6, 6.07) is 3.65. The molecule has 0 radical (unpaired) electrons. The van der Waals surface area contributed by atoms with Crippen LogP contribution in [0.15, 0.2) is 18.3 Å². The molecule has 1 heterocycles. The number of anilines is 2. The van der Waals surface area contributed by atoms with Crippen LogP contribution in [0.4, 0.5) is 11.5 Å². The molecule has 2 rings (SSSR count). The van der Waals surface area contributed by atoms with Crippen LogP contribution in [0, 0.1) is 11.8 Å². The SMILES string of the molecule is C[C@H]1C[C@H]1C(=O)NCCC(=O)Nc1ccc(N(C)C)nc1. The Morgan fingerprint density at radius 2 is 2.10 bits per heavy atom. The topological polar surface area (TPSA) is 74.3 Å². The van der Waals surface area contributed by atoms with Crippen LogP contribution in [0.2, 0.25) is 0 Å². The van der Waals surface area contributed by atoms with Crippen molar-refractivity contribution in [3.05, 3.63) is 18.3 Å². The Morgan fingerprint density at radius 3 is 2.62 bits per heavy atom. The molecule has 114 valence electrons. The zero-order valence-corrected chi connectivity index (χ0v) is 12.7. The molecule has 1 aliphatic carbocycles. The molecule has 6 nitrogen and oxygen atoms in total. The summed E-state index contributed by atoms with van der Waals surface area (Å²) in [5.41, 5.74) is 0.660. The number of nitrogens with zero attached hydrogens (tertiary/aromatic N) is 2. The lowest BCUT2D eigenvalue weighted by molar-refractivity contribution is -0.122. The van der Waals surface area contributed by atoms with Crippen molar-refractivity contribution in [3.8, 4) is 0 Å². The minimum Gasteiger partial charge on any atom is -0.363 e. The highest BCUT2D eigenvalue weighted by Gasteiger charge is 2.38. The second-order valence-electron chi connectivity index (χ2n) is 5.71. The number of aromatic nitrogens is 1. The Kier molecular flexibility index (Phi) is 4.77. The van der Waals surface area contributed by atoms with Crippen LogP contribution in [0.3, 0.4) is 0 Å². The molecule has 2 amide bonds. The smallest absolute Gasteiger partial charge is 0.226 e. The molecular formula is C15H22N4O2. The summed E-state index contributed by atoms with van der Waals surface area (Å²) in [4.78, 5) is 29.5. The molecule has 2 N–H and O–H groups in total. The Bertz CT molecular complexity index is 513. The van der Waals surface area contributed by atoms with Crippen LogP contribution in [-0.4, -0.2) is 37.4 Å². The van der Waals surface area contributed by atoms with Gasteiger partial charge < -0.3 is 15.5 Å². The molecule has 1 aromatic heterocycles. The number of nitrogens with one attached hydrogen (secondary N) is 2. The molecule has 0 spiro atoms. The summed E-state index contributed by atoms with van der Waals surface area (Å²) in [5.74, 6) is 1.40. The predicted molar refractivity (Wildman–Crippen MR) is 82.1 cm³/mol. The maximum Gasteiger partial charge on any atom is 0.226 e. The van der Waals surface area contributed by atoms with Gasteiger partial charge in [-0.15, -0.1) is 0 Å². The lowest BCUT2D eigenvalue weighted by Gasteiger charge is -2.11. The number of pyridine rings is 1. The Balaban J connectivity index is 1.70. The van der Waals surface area contributed by atoms with Gasteiger partial charge in [-0.3, -0.25) is 9.59 Å². The van der Waals surface area contributed by atoms with Crippen molar-refractivity contribution < 1.29 is 9.59 Å². The largest absolute Gasteiger partial charge is 0.363 e. The van der Waals surface area contributed by atoms with Gasteiger partial charge in [0.1, 0.15) is 5.82 Å². The first kappa shape index (κ1) is 15.3. The first-order valence-electron chi connectivity index (χ1n) is 7.18. The van der Waals surface area contributed by atoms with Crippen molar-refractivity contribution in [3.63, 3.8) is 0 Å². The predicted octanol–water partition coefficient (Wildman–Crippen LogP) is 1.25. The van der Waals surface area contributed by atoms with E-state index in [1.807, 2.05) is 31.1 Å². The molecule has 0 aromatic carbocycles. The molecular weight excluding hydrogens is 268 g/mol. The van der Waals surface area contributed by atoms with E-state index in [2.05, 4.69) is 22.5 Å². The molecule has 1 fully saturated rings. The zero-order valence-electron chi connectivity index (χ0n) is 12.7. The van der Waals surface area contributed by atoms with E-state index in [0.29, 0.717) is 18.2 Å². The molecule has 0 aliphatic heterocycles. The molecule has 1 aliphatic rings. The summed E-state index contributed by atoms with van der Waals surface area (Å²) in [5, 5.41) is 5.56. The fourth-order valence-electron chi connectivity index (χ4n) is 2.07. The second-order valence-corrected chi connectivity index (χ2v) is 5.71. The highest BCUT2D eigenvalue weighted by Crippen LogP contribution is 2.37. The highest BCUT2D eigenvalue weighted by molar-refractivity contribution is 5.91. The van der Waals surface area contributed by atoms with Gasteiger partial charge in [0, 0.05) is 33.0 Å². The fraction of sp³-hybridized carbons (Fsp3) is 0.533. The van der Waals surface area contributed by atoms with E-state index in [4.69, 9.17) is 0 Å². The van der Waals surface area contributed by atoms with Crippen molar-refractivity contribution in [2.24, 2.45) is 11.8 Å². The van der Waals surface area contributed by atoms with E-state index in [-0.39, 0.29) is 24.2 Å². The van der Waals surface area contributed by atoms with Gasteiger partial charge in [0.2, 0.25) is 11.8 Å². The molecule has 6 heteroatoms. The second kappa shape index (κ2) is 6.56. The number of rotatable bonds is 6. The first-order chi connectivity index (χ1) is 9.97. The number of hydrogen-bond donors (Lipinski definition) is 2. The fourth-order valence-corrected chi connectivity index (χ4v) is 2.07. The molecule has 21 heavy (non-hydrogen) atoms. The van der Waals surface area contributed by atoms with Crippen LogP contribution >= 0.6 is 0 Å². The minimum absolute atomic E-state index is 0.0623. The van der Waals surface area contributed by atoms with Crippen LogP contribution < -0.4 is 15.5 Å². The Labute approximate surface area is 124 Å². The van der Waals surface area contributed by atoms with Crippen LogP contribution in [0.5, 0.6) is 0 Å². The van der Waals surface area contributed by atoms with Gasteiger partial charge >= 0.3 is 0 Å². The van der Waals surface area contributed by atoms with Crippen molar-refractivity contribution >= 4 is 23.3 Å². The average Bonchev–Trinajstić information content (AvgIpc) is 3.16. The third kappa shape index (κ3) is 4.44. The Hall–Kier alpha value is -2.11. The normalized spacial score (nSPS) is 19.8. The van der Waals surface area contributed by atoms with Gasteiger partial charge in [0.05, 0.1) is 11.9 Å². The van der Waals surface area contributed by atoms with E-state index in [0.717, 1.165) is 12.2 Å². The van der Waals surface area contributed by atoms with Crippen molar-refractivity contribution in [2.75, 3.05) is 30.9 Å². The van der Waals surface area contributed by atoms with Crippen LogP contribution in [0.25, 0.3) is 0 Å². The maximum atomic E-state index is 11.8. The molecule has 0 bridgehead atoms. The zero-order chi connectivity index (χ0) is 15.4. The summed E-state index contributed by atoms with van der Waals surface area (Å²) in [6.07, 6.45) is 2.85. The van der Waals surface area contributed by atoms with Gasteiger partial charge in [-0.05, 0) is 24.5 Å². The van der Waals surface area contributed by atoms with Crippen molar-refractivity contribution in [1.29, 1.82) is 0 Å². The lowest BCUT2D eigenvalue weighted by atomic mass is 10.3. The lowest BCUT2D eigenvalue weighted by Crippen LogP contribution is -2.29.